The second kappa shape index (κ2) is 16.5. The van der Waals surface area contributed by atoms with Crippen LogP contribution in [-0.4, -0.2) is 4.57 Å². The lowest BCUT2D eigenvalue weighted by Crippen LogP contribution is -2.11. The van der Waals surface area contributed by atoms with Crippen molar-refractivity contribution in [1.29, 1.82) is 0 Å². The van der Waals surface area contributed by atoms with E-state index in [1.807, 2.05) is 0 Å². The summed E-state index contributed by atoms with van der Waals surface area (Å²) in [7, 11) is 0. The summed E-state index contributed by atoms with van der Waals surface area (Å²) >= 11 is 0. The van der Waals surface area contributed by atoms with Crippen molar-refractivity contribution in [2.24, 2.45) is 0 Å². The van der Waals surface area contributed by atoms with E-state index in [2.05, 4.69) is 276 Å². The smallest absolute Gasteiger partial charge is 0.0547 e. The highest BCUT2D eigenvalue weighted by molar-refractivity contribution is 6.14. The molecular weight excluding hydrogens is 821 g/mol. The van der Waals surface area contributed by atoms with Gasteiger partial charge >= 0.3 is 0 Å². The summed E-state index contributed by atoms with van der Waals surface area (Å²) in [5.41, 5.74) is 16.2. The number of para-hydroxylation sites is 2. The van der Waals surface area contributed by atoms with E-state index < -0.39 is 0 Å². The first-order valence-electron chi connectivity index (χ1n) is 23.4. The average molecular weight is 865 g/mol. The standard InChI is InChI=1S/C66H44N2/c1-2-17-47(18-3-1)61-43-52(58-32-16-24-46-20-7-9-28-56(46)58)37-40-65(61)67(54-26-14-25-51(41-54)57-31-15-23-45-19-6-8-27-55(45)57)53-38-35-48(36-39-53)59-29-10-12-33-63(59)68-64-34-13-11-30-60(64)62-42-49-21-4-5-22-50(49)44-66(62)68/h1-44H. The van der Waals surface area contributed by atoms with Gasteiger partial charge in [-0.05, 0) is 126 Å². The van der Waals surface area contributed by atoms with Crippen molar-refractivity contribution in [2.45, 2.75) is 0 Å². The molecule has 12 aromatic carbocycles. The van der Waals surface area contributed by atoms with E-state index in [4.69, 9.17) is 0 Å². The molecule has 0 aliphatic carbocycles. The van der Waals surface area contributed by atoms with E-state index in [1.54, 1.807) is 0 Å². The van der Waals surface area contributed by atoms with E-state index in [0.717, 1.165) is 39.4 Å². The molecule has 0 amide bonds. The molecule has 0 aliphatic heterocycles. The molecule has 0 N–H and O–H groups in total. The van der Waals surface area contributed by atoms with E-state index in [9.17, 15) is 0 Å². The molecule has 68 heavy (non-hydrogen) atoms. The predicted molar refractivity (Wildman–Crippen MR) is 290 cm³/mol. The molecule has 1 heterocycles. The van der Waals surface area contributed by atoms with Crippen molar-refractivity contribution >= 4 is 71.2 Å². The third kappa shape index (κ3) is 6.73. The molecule has 0 aliphatic rings. The summed E-state index contributed by atoms with van der Waals surface area (Å²) in [5, 5.41) is 9.93. The second-order valence-corrected chi connectivity index (χ2v) is 17.7. The molecule has 2 nitrogen and oxygen atoms in total. The van der Waals surface area contributed by atoms with Gasteiger partial charge in [-0.2, -0.15) is 0 Å². The molecule has 318 valence electrons. The zero-order chi connectivity index (χ0) is 45.0. The molecule has 0 atom stereocenters. The fourth-order valence-corrected chi connectivity index (χ4v) is 10.6. The molecule has 1 aromatic heterocycles. The minimum Gasteiger partial charge on any atom is -0.310 e. The largest absolute Gasteiger partial charge is 0.310 e. The van der Waals surface area contributed by atoms with E-state index in [1.165, 1.54) is 81.9 Å². The summed E-state index contributed by atoms with van der Waals surface area (Å²) in [6, 6.07) is 97.6. The number of fused-ring (bicyclic) bond motifs is 6. The van der Waals surface area contributed by atoms with Crippen LogP contribution in [0.25, 0.3) is 104 Å². The minimum atomic E-state index is 1.07. The van der Waals surface area contributed by atoms with Gasteiger partial charge in [-0.15, -0.1) is 0 Å². The second-order valence-electron chi connectivity index (χ2n) is 17.7. The van der Waals surface area contributed by atoms with Crippen LogP contribution in [0.4, 0.5) is 17.1 Å². The maximum absolute atomic E-state index is 2.45. The van der Waals surface area contributed by atoms with Crippen LogP contribution in [-0.2, 0) is 0 Å². The molecule has 0 radical (unpaired) electrons. The van der Waals surface area contributed by atoms with Crippen molar-refractivity contribution in [1.82, 2.24) is 4.57 Å². The normalized spacial score (nSPS) is 11.5. The number of anilines is 3. The SMILES string of the molecule is c1ccc(-c2cc(-c3cccc4ccccc34)ccc2N(c2ccc(-c3ccccc3-n3c4ccccc4c4cc5ccccc5cc43)cc2)c2cccc(-c3cccc4ccccc34)c2)cc1. The maximum Gasteiger partial charge on any atom is 0.0547 e. The summed E-state index contributed by atoms with van der Waals surface area (Å²) in [5.74, 6) is 0. The summed E-state index contributed by atoms with van der Waals surface area (Å²) in [4.78, 5) is 2.44. The van der Waals surface area contributed by atoms with Crippen molar-refractivity contribution in [3.63, 3.8) is 0 Å². The molecular formula is C66H44N2. The Labute approximate surface area is 395 Å². The lowest BCUT2D eigenvalue weighted by molar-refractivity contribution is 1.18. The van der Waals surface area contributed by atoms with E-state index in [-0.39, 0.29) is 0 Å². The van der Waals surface area contributed by atoms with Gasteiger partial charge in [0.25, 0.3) is 0 Å². The topological polar surface area (TPSA) is 8.17 Å². The Morgan fingerprint density at radius 3 is 1.50 bits per heavy atom. The number of benzene rings is 12. The number of rotatable bonds is 8. The zero-order valence-electron chi connectivity index (χ0n) is 37.3. The third-order valence-corrected chi connectivity index (χ3v) is 13.7. The monoisotopic (exact) mass is 864 g/mol. The molecule has 0 bridgehead atoms. The number of aromatic nitrogens is 1. The lowest BCUT2D eigenvalue weighted by atomic mass is 9.93. The van der Waals surface area contributed by atoms with Crippen molar-refractivity contribution < 1.29 is 0 Å². The highest BCUT2D eigenvalue weighted by Gasteiger charge is 2.21. The van der Waals surface area contributed by atoms with Gasteiger partial charge < -0.3 is 9.47 Å². The van der Waals surface area contributed by atoms with Crippen LogP contribution in [0.3, 0.4) is 0 Å². The fourth-order valence-electron chi connectivity index (χ4n) is 10.6. The van der Waals surface area contributed by atoms with Gasteiger partial charge in [-0.25, -0.2) is 0 Å². The van der Waals surface area contributed by atoms with Crippen LogP contribution in [0.15, 0.2) is 267 Å². The first kappa shape index (κ1) is 39.4. The molecule has 0 saturated heterocycles. The quantitative estimate of drug-likeness (QED) is 0.148. The zero-order valence-corrected chi connectivity index (χ0v) is 37.3. The van der Waals surface area contributed by atoms with Gasteiger partial charge in [0.2, 0.25) is 0 Å². The highest BCUT2D eigenvalue weighted by Crippen LogP contribution is 2.46. The number of nitrogens with zero attached hydrogens (tertiary/aromatic N) is 2. The third-order valence-electron chi connectivity index (χ3n) is 13.7. The van der Waals surface area contributed by atoms with Gasteiger partial charge in [0.1, 0.15) is 0 Å². The van der Waals surface area contributed by atoms with Crippen molar-refractivity contribution in [3.8, 4) is 50.2 Å². The Kier molecular flexibility index (Phi) is 9.54. The van der Waals surface area contributed by atoms with Gasteiger partial charge in [0.15, 0.2) is 0 Å². The summed E-state index contributed by atoms with van der Waals surface area (Å²) < 4.78 is 2.45. The highest BCUT2D eigenvalue weighted by atomic mass is 15.1. The van der Waals surface area contributed by atoms with Crippen LogP contribution in [0.1, 0.15) is 0 Å². The Morgan fingerprint density at radius 1 is 0.250 bits per heavy atom. The van der Waals surface area contributed by atoms with Gasteiger partial charge in [0, 0.05) is 33.3 Å². The molecule has 2 heteroatoms. The van der Waals surface area contributed by atoms with E-state index >= 15 is 0 Å². The Hall–Kier alpha value is -8.98. The predicted octanol–water partition coefficient (Wildman–Crippen LogP) is 18.4. The van der Waals surface area contributed by atoms with Crippen molar-refractivity contribution in [3.05, 3.63) is 267 Å². The van der Waals surface area contributed by atoms with E-state index in [0.29, 0.717) is 0 Å². The van der Waals surface area contributed by atoms with Crippen LogP contribution in [0, 0.1) is 0 Å². The summed E-state index contributed by atoms with van der Waals surface area (Å²) in [6.45, 7) is 0. The molecule has 13 rings (SSSR count). The van der Waals surface area contributed by atoms with Gasteiger partial charge in [-0.1, -0.05) is 206 Å². The average Bonchev–Trinajstić information content (AvgIpc) is 3.73. The Morgan fingerprint density at radius 2 is 0.765 bits per heavy atom. The number of hydrogen-bond acceptors (Lipinski definition) is 1. The maximum atomic E-state index is 2.45. The van der Waals surface area contributed by atoms with Crippen molar-refractivity contribution in [2.75, 3.05) is 4.90 Å². The fraction of sp³-hybridized carbons (Fsp3) is 0. The van der Waals surface area contributed by atoms with Crippen LogP contribution >= 0.6 is 0 Å². The molecule has 0 spiro atoms. The molecule has 13 aromatic rings. The van der Waals surface area contributed by atoms with Gasteiger partial charge in [-0.3, -0.25) is 0 Å². The number of hydrogen-bond donors (Lipinski definition) is 0. The van der Waals surface area contributed by atoms with Crippen LogP contribution in [0.5, 0.6) is 0 Å². The minimum absolute atomic E-state index is 1.07. The molecule has 0 fully saturated rings. The Balaban J connectivity index is 0.997. The molecule has 0 saturated carbocycles. The molecule has 0 unspecified atom stereocenters. The summed E-state index contributed by atoms with van der Waals surface area (Å²) in [6.07, 6.45) is 0. The first-order valence-corrected chi connectivity index (χ1v) is 23.4. The van der Waals surface area contributed by atoms with Gasteiger partial charge in [0.05, 0.1) is 22.4 Å². The first-order chi connectivity index (χ1) is 33.7. The Bertz CT molecular complexity index is 4020. The van der Waals surface area contributed by atoms with Crippen LogP contribution in [0.2, 0.25) is 0 Å². The van der Waals surface area contributed by atoms with Crippen LogP contribution < -0.4 is 4.90 Å². The lowest BCUT2D eigenvalue weighted by Gasteiger charge is -2.29.